The lowest BCUT2D eigenvalue weighted by Crippen LogP contribution is -2.43. The second-order valence-corrected chi connectivity index (χ2v) is 6.94. The van der Waals surface area contributed by atoms with E-state index < -0.39 is 0 Å². The summed E-state index contributed by atoms with van der Waals surface area (Å²) in [6.45, 7) is 4.08. The number of benzene rings is 1. The minimum Gasteiger partial charge on any atom is -0.356 e. The third-order valence-electron chi connectivity index (χ3n) is 5.39. The Hall–Kier alpha value is -2.04. The molecule has 0 unspecified atom stereocenters. The Morgan fingerprint density at radius 1 is 1.24 bits per heavy atom. The Labute approximate surface area is 151 Å². The summed E-state index contributed by atoms with van der Waals surface area (Å²) in [5.41, 5.74) is 2.29. The summed E-state index contributed by atoms with van der Waals surface area (Å²) in [6, 6.07) is 7.76. The normalized spacial score (nSPS) is 16.5. The molecule has 0 aliphatic heterocycles. The Balaban J connectivity index is 1.80. The fourth-order valence-corrected chi connectivity index (χ4v) is 3.61. The highest BCUT2D eigenvalue weighted by atomic mass is 16.1. The zero-order valence-electron chi connectivity index (χ0n) is 15.8. The highest BCUT2D eigenvalue weighted by molar-refractivity contribution is 5.94. The van der Waals surface area contributed by atoms with E-state index in [2.05, 4.69) is 33.9 Å². The van der Waals surface area contributed by atoms with E-state index >= 15 is 0 Å². The summed E-state index contributed by atoms with van der Waals surface area (Å²) in [7, 11) is 3.47. The second kappa shape index (κ2) is 9.44. The van der Waals surface area contributed by atoms with Crippen LogP contribution in [0.2, 0.25) is 0 Å². The Kier molecular flexibility index (Phi) is 7.29. The molecule has 0 aromatic heterocycles. The van der Waals surface area contributed by atoms with Crippen LogP contribution in [0.25, 0.3) is 0 Å². The first-order chi connectivity index (χ1) is 12.1. The average molecular weight is 345 g/mol. The van der Waals surface area contributed by atoms with Gasteiger partial charge in [-0.2, -0.15) is 0 Å². The molecule has 1 fully saturated rings. The van der Waals surface area contributed by atoms with E-state index in [0.717, 1.165) is 31.0 Å². The van der Waals surface area contributed by atoms with Crippen LogP contribution in [0.4, 0.5) is 0 Å². The fraction of sp³-hybridized carbons (Fsp3) is 0.600. The number of guanidine groups is 1. The SMILES string of the molecule is CCC1(CNC(=NC)NCCc2cccc(C(=O)NC)c2)CCCC1. The van der Waals surface area contributed by atoms with E-state index in [0.29, 0.717) is 11.0 Å². The largest absolute Gasteiger partial charge is 0.356 e. The molecule has 0 atom stereocenters. The smallest absolute Gasteiger partial charge is 0.251 e. The van der Waals surface area contributed by atoms with E-state index in [1.807, 2.05) is 25.2 Å². The second-order valence-electron chi connectivity index (χ2n) is 6.94. The molecular formula is C20H32N4O. The van der Waals surface area contributed by atoms with Gasteiger partial charge in [0, 0.05) is 32.7 Å². The van der Waals surface area contributed by atoms with Crippen LogP contribution in [-0.4, -0.2) is 39.1 Å². The molecule has 0 radical (unpaired) electrons. The number of nitrogens with one attached hydrogen (secondary N) is 3. The molecule has 5 nitrogen and oxygen atoms in total. The maximum absolute atomic E-state index is 11.7. The molecule has 3 N–H and O–H groups in total. The van der Waals surface area contributed by atoms with Crippen LogP contribution < -0.4 is 16.0 Å². The lowest BCUT2D eigenvalue weighted by molar-refractivity contribution is 0.0963. The van der Waals surface area contributed by atoms with Crippen LogP contribution in [0.1, 0.15) is 54.9 Å². The van der Waals surface area contributed by atoms with Crippen molar-refractivity contribution in [3.8, 4) is 0 Å². The fourth-order valence-electron chi connectivity index (χ4n) is 3.61. The number of carbonyl (C=O) groups is 1. The molecule has 1 aromatic rings. The van der Waals surface area contributed by atoms with Gasteiger partial charge in [-0.05, 0) is 48.8 Å². The number of amides is 1. The summed E-state index contributed by atoms with van der Waals surface area (Å²) in [5, 5.41) is 9.55. The molecular weight excluding hydrogens is 312 g/mol. The maximum atomic E-state index is 11.7. The van der Waals surface area contributed by atoms with E-state index in [4.69, 9.17) is 0 Å². The molecule has 0 bridgehead atoms. The zero-order chi connectivity index (χ0) is 18.1. The third-order valence-corrected chi connectivity index (χ3v) is 5.39. The molecule has 1 amide bonds. The van der Waals surface area contributed by atoms with Gasteiger partial charge in [-0.3, -0.25) is 9.79 Å². The van der Waals surface area contributed by atoms with Gasteiger partial charge >= 0.3 is 0 Å². The van der Waals surface area contributed by atoms with Gasteiger partial charge in [-0.1, -0.05) is 31.9 Å². The summed E-state index contributed by atoms with van der Waals surface area (Å²) in [6.07, 6.45) is 7.42. The molecule has 5 heteroatoms. The maximum Gasteiger partial charge on any atom is 0.251 e. The molecule has 1 aliphatic rings. The van der Waals surface area contributed by atoms with E-state index in [9.17, 15) is 4.79 Å². The van der Waals surface area contributed by atoms with Crippen molar-refractivity contribution in [2.75, 3.05) is 27.2 Å². The van der Waals surface area contributed by atoms with Gasteiger partial charge in [0.05, 0.1) is 0 Å². The van der Waals surface area contributed by atoms with Crippen LogP contribution in [-0.2, 0) is 6.42 Å². The molecule has 25 heavy (non-hydrogen) atoms. The zero-order valence-corrected chi connectivity index (χ0v) is 15.8. The number of aliphatic imine (C=N–C) groups is 1. The quantitative estimate of drug-likeness (QED) is 0.526. The third kappa shape index (κ3) is 5.48. The van der Waals surface area contributed by atoms with Crippen molar-refractivity contribution in [2.24, 2.45) is 10.4 Å². The Morgan fingerprint density at radius 2 is 2.00 bits per heavy atom. The Bertz CT molecular complexity index is 591. The van der Waals surface area contributed by atoms with Gasteiger partial charge in [0.1, 0.15) is 0 Å². The van der Waals surface area contributed by atoms with Crippen LogP contribution in [0, 0.1) is 5.41 Å². The van der Waals surface area contributed by atoms with Crippen molar-refractivity contribution >= 4 is 11.9 Å². The summed E-state index contributed by atoms with van der Waals surface area (Å²) >= 11 is 0. The average Bonchev–Trinajstić information content (AvgIpc) is 3.13. The van der Waals surface area contributed by atoms with Crippen molar-refractivity contribution < 1.29 is 4.79 Å². The first-order valence-corrected chi connectivity index (χ1v) is 9.38. The highest BCUT2D eigenvalue weighted by Crippen LogP contribution is 2.40. The van der Waals surface area contributed by atoms with Gasteiger partial charge in [0.25, 0.3) is 5.91 Å². The molecule has 1 aliphatic carbocycles. The predicted octanol–water partition coefficient (Wildman–Crippen LogP) is 2.72. The van der Waals surface area contributed by atoms with Gasteiger partial charge in [0.2, 0.25) is 0 Å². The van der Waals surface area contributed by atoms with Gasteiger partial charge in [-0.15, -0.1) is 0 Å². The summed E-state index contributed by atoms with van der Waals surface area (Å²) in [4.78, 5) is 16.0. The molecule has 0 spiro atoms. The van der Waals surface area contributed by atoms with E-state index in [-0.39, 0.29) is 5.91 Å². The van der Waals surface area contributed by atoms with E-state index in [1.165, 1.54) is 32.1 Å². The lowest BCUT2D eigenvalue weighted by Gasteiger charge is -2.28. The highest BCUT2D eigenvalue weighted by Gasteiger charge is 2.31. The standard InChI is InChI=1S/C20H32N4O/c1-4-20(11-5-6-12-20)15-24-19(22-3)23-13-10-16-8-7-9-17(14-16)18(25)21-2/h7-9,14H,4-6,10-13,15H2,1-3H3,(H,21,25)(H2,22,23,24). The minimum absolute atomic E-state index is 0.0475. The minimum atomic E-state index is -0.0475. The van der Waals surface area contributed by atoms with E-state index in [1.54, 1.807) is 7.05 Å². The van der Waals surface area contributed by atoms with Crippen molar-refractivity contribution in [2.45, 2.75) is 45.4 Å². The molecule has 1 aromatic carbocycles. The van der Waals surface area contributed by atoms with Crippen LogP contribution in [0.5, 0.6) is 0 Å². The van der Waals surface area contributed by atoms with Crippen molar-refractivity contribution in [3.05, 3.63) is 35.4 Å². The monoisotopic (exact) mass is 344 g/mol. The van der Waals surface area contributed by atoms with Crippen molar-refractivity contribution in [1.29, 1.82) is 0 Å². The van der Waals surface area contributed by atoms with Crippen LogP contribution >= 0.6 is 0 Å². The topological polar surface area (TPSA) is 65.5 Å². The number of rotatable bonds is 7. The Morgan fingerprint density at radius 3 is 2.64 bits per heavy atom. The number of nitrogens with zero attached hydrogens (tertiary/aromatic N) is 1. The molecule has 0 heterocycles. The summed E-state index contributed by atoms with van der Waals surface area (Å²) < 4.78 is 0. The molecule has 138 valence electrons. The summed E-state index contributed by atoms with van der Waals surface area (Å²) in [5.74, 6) is 0.816. The predicted molar refractivity (Wildman–Crippen MR) is 104 cm³/mol. The van der Waals surface area contributed by atoms with Crippen LogP contribution in [0.3, 0.4) is 0 Å². The molecule has 0 saturated heterocycles. The number of hydrogen-bond donors (Lipinski definition) is 3. The van der Waals surface area contributed by atoms with Gasteiger partial charge in [0.15, 0.2) is 5.96 Å². The van der Waals surface area contributed by atoms with Crippen molar-refractivity contribution in [1.82, 2.24) is 16.0 Å². The lowest BCUT2D eigenvalue weighted by atomic mass is 9.83. The van der Waals surface area contributed by atoms with Gasteiger partial charge < -0.3 is 16.0 Å². The van der Waals surface area contributed by atoms with Crippen molar-refractivity contribution in [3.63, 3.8) is 0 Å². The molecule has 2 rings (SSSR count). The number of carbonyl (C=O) groups excluding carboxylic acids is 1. The first-order valence-electron chi connectivity index (χ1n) is 9.38. The van der Waals surface area contributed by atoms with Crippen LogP contribution in [0.15, 0.2) is 29.3 Å². The first kappa shape index (κ1) is 19.3. The van der Waals surface area contributed by atoms with Gasteiger partial charge in [-0.25, -0.2) is 0 Å². The number of hydrogen-bond acceptors (Lipinski definition) is 2. The molecule has 1 saturated carbocycles.